The lowest BCUT2D eigenvalue weighted by Crippen LogP contribution is -2.40. The Morgan fingerprint density at radius 3 is 2.60 bits per heavy atom. The number of hydrogen-bond acceptors (Lipinski definition) is 5. The monoisotopic (exact) mass is 339 g/mol. The number of rotatable bonds is 2. The molecular formula is C19H21N3O3. The summed E-state index contributed by atoms with van der Waals surface area (Å²) in [5, 5.41) is 0. The number of benzene rings is 1. The largest absolute Gasteiger partial charge is 0.444 e. The number of carbonyl (C=O) groups is 2. The molecule has 0 spiro atoms. The molecule has 6 nitrogen and oxygen atoms in total. The number of amides is 1. The second-order valence-electron chi connectivity index (χ2n) is 7.06. The van der Waals surface area contributed by atoms with Crippen LogP contribution in [-0.2, 0) is 17.7 Å². The second-order valence-corrected chi connectivity index (χ2v) is 7.06. The van der Waals surface area contributed by atoms with Crippen LogP contribution in [0.2, 0.25) is 0 Å². The molecule has 0 aliphatic carbocycles. The molecule has 3 rings (SSSR count). The number of nitrogens with zero attached hydrogens (tertiary/aromatic N) is 3. The van der Waals surface area contributed by atoms with E-state index in [9.17, 15) is 9.59 Å². The van der Waals surface area contributed by atoms with E-state index in [1.165, 1.54) is 0 Å². The summed E-state index contributed by atoms with van der Waals surface area (Å²) in [7, 11) is 0. The van der Waals surface area contributed by atoms with E-state index in [0.717, 1.165) is 23.1 Å². The van der Waals surface area contributed by atoms with E-state index >= 15 is 0 Å². The highest BCUT2D eigenvalue weighted by atomic mass is 16.6. The highest BCUT2D eigenvalue weighted by Gasteiger charge is 2.26. The Labute approximate surface area is 146 Å². The topological polar surface area (TPSA) is 72.4 Å². The standard InChI is InChI=1S/C19H21N3O3/c1-19(2,3)25-18(24)22-9-8-16-15(11-22)10-20-17(21-16)14-6-4-13(12-23)5-7-14/h4-7,10,12H,8-9,11H2,1-3H3. The van der Waals surface area contributed by atoms with Crippen LogP contribution < -0.4 is 0 Å². The Morgan fingerprint density at radius 1 is 1.24 bits per heavy atom. The van der Waals surface area contributed by atoms with Crippen LogP contribution in [0.5, 0.6) is 0 Å². The number of aromatic nitrogens is 2. The van der Waals surface area contributed by atoms with Gasteiger partial charge in [0.25, 0.3) is 0 Å². The molecule has 0 bridgehead atoms. The molecule has 0 atom stereocenters. The first-order chi connectivity index (χ1) is 11.9. The van der Waals surface area contributed by atoms with Gasteiger partial charge in [-0.05, 0) is 20.8 Å². The maximum Gasteiger partial charge on any atom is 0.410 e. The van der Waals surface area contributed by atoms with Gasteiger partial charge in [-0.3, -0.25) is 4.79 Å². The minimum Gasteiger partial charge on any atom is -0.444 e. The molecule has 0 N–H and O–H groups in total. The Morgan fingerprint density at radius 2 is 1.96 bits per heavy atom. The molecular weight excluding hydrogens is 318 g/mol. The van der Waals surface area contributed by atoms with Crippen LogP contribution in [0.3, 0.4) is 0 Å². The Balaban J connectivity index is 1.77. The first-order valence-electron chi connectivity index (χ1n) is 8.24. The van der Waals surface area contributed by atoms with Gasteiger partial charge in [0, 0.05) is 35.9 Å². The third kappa shape index (κ3) is 4.02. The first kappa shape index (κ1) is 17.1. The predicted octanol–water partition coefficient (Wildman–Crippen LogP) is 3.25. The van der Waals surface area contributed by atoms with Crippen LogP contribution in [0.4, 0.5) is 4.79 Å². The number of aldehydes is 1. The quantitative estimate of drug-likeness (QED) is 0.785. The van der Waals surface area contributed by atoms with Gasteiger partial charge in [0.1, 0.15) is 11.9 Å². The zero-order valence-electron chi connectivity index (χ0n) is 14.7. The van der Waals surface area contributed by atoms with Crippen molar-refractivity contribution in [3.8, 4) is 11.4 Å². The molecule has 2 heterocycles. The minimum atomic E-state index is -0.509. The molecule has 0 saturated carbocycles. The van der Waals surface area contributed by atoms with Crippen molar-refractivity contribution in [3.63, 3.8) is 0 Å². The van der Waals surface area contributed by atoms with Crippen LogP contribution in [0.25, 0.3) is 11.4 Å². The summed E-state index contributed by atoms with van der Waals surface area (Å²) in [6.45, 7) is 6.59. The summed E-state index contributed by atoms with van der Waals surface area (Å²) in [6.07, 6.45) is 2.92. The fraction of sp³-hybridized carbons (Fsp3) is 0.368. The van der Waals surface area contributed by atoms with E-state index in [1.807, 2.05) is 32.9 Å². The fourth-order valence-electron chi connectivity index (χ4n) is 2.65. The van der Waals surface area contributed by atoms with Gasteiger partial charge in [0.05, 0.1) is 12.2 Å². The number of ether oxygens (including phenoxy) is 1. The summed E-state index contributed by atoms with van der Waals surface area (Å²) in [4.78, 5) is 33.7. The van der Waals surface area contributed by atoms with Gasteiger partial charge in [-0.1, -0.05) is 24.3 Å². The van der Waals surface area contributed by atoms with E-state index < -0.39 is 5.60 Å². The van der Waals surface area contributed by atoms with Crippen molar-refractivity contribution in [1.29, 1.82) is 0 Å². The van der Waals surface area contributed by atoms with Gasteiger partial charge in [0.15, 0.2) is 5.82 Å². The zero-order chi connectivity index (χ0) is 18.0. The predicted molar refractivity (Wildman–Crippen MR) is 93.2 cm³/mol. The molecule has 1 aromatic heterocycles. The molecule has 6 heteroatoms. The van der Waals surface area contributed by atoms with Crippen LogP contribution in [0.15, 0.2) is 30.5 Å². The molecule has 0 unspecified atom stereocenters. The Kier molecular flexibility index (Phi) is 4.53. The van der Waals surface area contributed by atoms with Crippen molar-refractivity contribution in [3.05, 3.63) is 47.3 Å². The average Bonchev–Trinajstić information content (AvgIpc) is 2.59. The second kappa shape index (κ2) is 6.63. The third-order valence-corrected chi connectivity index (χ3v) is 3.89. The van der Waals surface area contributed by atoms with Crippen molar-refractivity contribution in [2.24, 2.45) is 0 Å². The molecule has 0 fully saturated rings. The lowest BCUT2D eigenvalue weighted by Gasteiger charge is -2.30. The van der Waals surface area contributed by atoms with E-state index in [0.29, 0.717) is 30.9 Å². The SMILES string of the molecule is CC(C)(C)OC(=O)N1CCc2nc(-c3ccc(C=O)cc3)ncc2C1. The molecule has 25 heavy (non-hydrogen) atoms. The number of fused-ring (bicyclic) bond motifs is 1. The molecule has 0 saturated heterocycles. The highest BCUT2D eigenvalue weighted by molar-refractivity contribution is 5.76. The molecule has 1 aliphatic rings. The van der Waals surface area contributed by atoms with Crippen LogP contribution in [0.1, 0.15) is 42.4 Å². The molecule has 130 valence electrons. The van der Waals surface area contributed by atoms with Crippen LogP contribution in [0, 0.1) is 0 Å². The maximum absolute atomic E-state index is 12.2. The smallest absolute Gasteiger partial charge is 0.410 e. The van der Waals surface area contributed by atoms with Gasteiger partial charge in [-0.15, -0.1) is 0 Å². The molecule has 2 aromatic rings. The Hall–Kier alpha value is -2.76. The molecule has 1 aromatic carbocycles. The summed E-state index contributed by atoms with van der Waals surface area (Å²) in [6, 6.07) is 7.16. The highest BCUT2D eigenvalue weighted by Crippen LogP contribution is 2.22. The lowest BCUT2D eigenvalue weighted by atomic mass is 10.1. The molecule has 1 aliphatic heterocycles. The third-order valence-electron chi connectivity index (χ3n) is 3.89. The van der Waals surface area contributed by atoms with E-state index in [2.05, 4.69) is 9.97 Å². The minimum absolute atomic E-state index is 0.313. The van der Waals surface area contributed by atoms with Crippen molar-refractivity contribution in [2.75, 3.05) is 6.54 Å². The molecule has 0 radical (unpaired) electrons. The van der Waals surface area contributed by atoms with Crippen molar-refractivity contribution in [1.82, 2.24) is 14.9 Å². The first-order valence-corrected chi connectivity index (χ1v) is 8.24. The van der Waals surface area contributed by atoms with Crippen molar-refractivity contribution in [2.45, 2.75) is 39.3 Å². The zero-order valence-corrected chi connectivity index (χ0v) is 14.7. The summed E-state index contributed by atoms with van der Waals surface area (Å²) in [5.41, 5.74) is 2.86. The van der Waals surface area contributed by atoms with E-state index in [4.69, 9.17) is 4.74 Å². The van der Waals surface area contributed by atoms with Crippen LogP contribution >= 0.6 is 0 Å². The van der Waals surface area contributed by atoms with Crippen molar-refractivity contribution < 1.29 is 14.3 Å². The lowest BCUT2D eigenvalue weighted by molar-refractivity contribution is 0.0222. The van der Waals surface area contributed by atoms with E-state index in [-0.39, 0.29) is 6.09 Å². The average molecular weight is 339 g/mol. The van der Waals surface area contributed by atoms with Gasteiger partial charge in [-0.25, -0.2) is 14.8 Å². The fourth-order valence-corrected chi connectivity index (χ4v) is 2.65. The summed E-state index contributed by atoms with van der Waals surface area (Å²) >= 11 is 0. The summed E-state index contributed by atoms with van der Waals surface area (Å²) in [5.74, 6) is 0.627. The molecule has 1 amide bonds. The summed E-state index contributed by atoms with van der Waals surface area (Å²) < 4.78 is 5.42. The number of carbonyl (C=O) groups excluding carboxylic acids is 2. The maximum atomic E-state index is 12.2. The number of hydrogen-bond donors (Lipinski definition) is 0. The van der Waals surface area contributed by atoms with Crippen LogP contribution in [-0.4, -0.2) is 39.4 Å². The van der Waals surface area contributed by atoms with Crippen molar-refractivity contribution >= 4 is 12.4 Å². The van der Waals surface area contributed by atoms with Gasteiger partial charge in [-0.2, -0.15) is 0 Å². The normalized spacial score (nSPS) is 14.0. The van der Waals surface area contributed by atoms with Gasteiger partial charge in [0.2, 0.25) is 0 Å². The Bertz CT molecular complexity index is 795. The van der Waals surface area contributed by atoms with Gasteiger partial charge < -0.3 is 9.64 Å². The van der Waals surface area contributed by atoms with Gasteiger partial charge >= 0.3 is 6.09 Å². The van der Waals surface area contributed by atoms with E-state index in [1.54, 1.807) is 23.2 Å².